The van der Waals surface area contributed by atoms with Gasteiger partial charge in [-0.3, -0.25) is 0 Å². The number of hydrogen-bond acceptors (Lipinski definition) is 3. The van der Waals surface area contributed by atoms with E-state index in [0.29, 0.717) is 16.7 Å². The standard InChI is InChI=1S/C28H27FO3Si/c1-28(2,3)33(23-11-7-5-8-12-23,24-13-9-6-10-14-24)32-26-19-21(27(30)31-4)17-20-18-22(29)15-16-25(20)26/h5-19H,1-4H3. The first-order valence-electron chi connectivity index (χ1n) is 10.9. The minimum absolute atomic E-state index is 0.261. The van der Waals surface area contributed by atoms with Gasteiger partial charge in [0.25, 0.3) is 0 Å². The molecule has 0 spiro atoms. The lowest BCUT2D eigenvalue weighted by Gasteiger charge is -2.43. The van der Waals surface area contributed by atoms with E-state index >= 15 is 0 Å². The van der Waals surface area contributed by atoms with Crippen LogP contribution in [-0.4, -0.2) is 21.4 Å². The number of carbonyl (C=O) groups excluding carboxylic acids is 1. The molecule has 0 bridgehead atoms. The number of rotatable bonds is 5. The van der Waals surface area contributed by atoms with Crippen LogP contribution in [0.1, 0.15) is 31.1 Å². The van der Waals surface area contributed by atoms with E-state index in [9.17, 15) is 9.18 Å². The van der Waals surface area contributed by atoms with Crippen molar-refractivity contribution in [2.24, 2.45) is 0 Å². The molecule has 0 fully saturated rings. The molecule has 3 nitrogen and oxygen atoms in total. The van der Waals surface area contributed by atoms with Crippen LogP contribution in [-0.2, 0) is 4.74 Å². The maximum absolute atomic E-state index is 14.1. The number of hydrogen-bond donors (Lipinski definition) is 0. The quantitative estimate of drug-likeness (QED) is 0.284. The summed E-state index contributed by atoms with van der Waals surface area (Å²) in [7, 11) is -1.60. The van der Waals surface area contributed by atoms with Crippen LogP contribution in [0.5, 0.6) is 5.75 Å². The molecule has 0 atom stereocenters. The van der Waals surface area contributed by atoms with Crippen LogP contribution in [0.15, 0.2) is 91.0 Å². The summed E-state index contributed by atoms with van der Waals surface area (Å²) in [5.74, 6) is -0.323. The first kappa shape index (κ1) is 22.7. The van der Waals surface area contributed by atoms with Gasteiger partial charge in [-0.1, -0.05) is 81.4 Å². The van der Waals surface area contributed by atoms with Crippen molar-refractivity contribution < 1.29 is 18.3 Å². The summed E-state index contributed by atoms with van der Waals surface area (Å²) < 4.78 is 26.2. The van der Waals surface area contributed by atoms with Gasteiger partial charge in [-0.05, 0) is 51.1 Å². The molecule has 4 aromatic rings. The number of halogens is 1. The second kappa shape index (κ2) is 8.83. The SMILES string of the molecule is COC(=O)c1cc(O[Si](c2ccccc2)(c2ccccc2)C(C)(C)C)c2ccc(F)cc2c1. The summed E-state index contributed by atoms with van der Waals surface area (Å²) in [6.45, 7) is 6.56. The molecule has 0 saturated carbocycles. The molecule has 0 saturated heterocycles. The van der Waals surface area contributed by atoms with Crippen molar-refractivity contribution in [2.75, 3.05) is 7.11 Å². The van der Waals surface area contributed by atoms with E-state index in [1.165, 1.54) is 19.2 Å². The Bertz CT molecular complexity index is 1240. The van der Waals surface area contributed by atoms with Crippen LogP contribution in [0.2, 0.25) is 5.04 Å². The second-order valence-corrected chi connectivity index (χ2v) is 13.3. The van der Waals surface area contributed by atoms with Crippen LogP contribution in [0, 0.1) is 5.82 Å². The minimum Gasteiger partial charge on any atom is -0.534 e. The van der Waals surface area contributed by atoms with Gasteiger partial charge in [-0.2, -0.15) is 0 Å². The molecule has 4 rings (SSSR count). The molecular weight excluding hydrogens is 431 g/mol. The molecule has 0 aliphatic rings. The summed E-state index contributed by atoms with van der Waals surface area (Å²) in [4.78, 5) is 12.4. The Morgan fingerprint density at radius 2 is 1.39 bits per heavy atom. The maximum Gasteiger partial charge on any atom is 0.338 e. The molecule has 33 heavy (non-hydrogen) atoms. The normalized spacial score (nSPS) is 11.9. The Morgan fingerprint density at radius 1 is 0.818 bits per heavy atom. The average Bonchev–Trinajstić information content (AvgIpc) is 2.81. The van der Waals surface area contributed by atoms with Crippen molar-refractivity contribution in [1.82, 2.24) is 0 Å². The van der Waals surface area contributed by atoms with Crippen molar-refractivity contribution in [2.45, 2.75) is 25.8 Å². The second-order valence-electron chi connectivity index (χ2n) is 9.10. The minimum atomic E-state index is -2.93. The zero-order chi connectivity index (χ0) is 23.6. The van der Waals surface area contributed by atoms with Crippen molar-refractivity contribution in [3.63, 3.8) is 0 Å². The zero-order valence-electron chi connectivity index (χ0n) is 19.3. The van der Waals surface area contributed by atoms with Crippen molar-refractivity contribution >= 4 is 35.4 Å². The predicted octanol–water partition coefficient (Wildman–Crippen LogP) is 5.70. The highest BCUT2D eigenvalue weighted by molar-refractivity contribution is 7.00. The van der Waals surface area contributed by atoms with E-state index in [-0.39, 0.29) is 10.9 Å². The zero-order valence-corrected chi connectivity index (χ0v) is 20.3. The van der Waals surface area contributed by atoms with Crippen LogP contribution in [0.3, 0.4) is 0 Å². The van der Waals surface area contributed by atoms with Gasteiger partial charge in [-0.25, -0.2) is 9.18 Å². The molecule has 0 N–H and O–H groups in total. The van der Waals surface area contributed by atoms with Gasteiger partial charge < -0.3 is 9.16 Å². The first-order chi connectivity index (χ1) is 15.8. The van der Waals surface area contributed by atoms with Gasteiger partial charge in [0.15, 0.2) is 0 Å². The van der Waals surface area contributed by atoms with Crippen LogP contribution in [0.25, 0.3) is 10.8 Å². The number of esters is 1. The number of ether oxygens (including phenoxy) is 1. The summed E-state index contributed by atoms with van der Waals surface area (Å²) in [6, 6.07) is 28.4. The van der Waals surface area contributed by atoms with Gasteiger partial charge >= 0.3 is 14.3 Å². The molecule has 5 heteroatoms. The van der Waals surface area contributed by atoms with Gasteiger partial charge in [0.05, 0.1) is 12.7 Å². The Kier molecular flexibility index (Phi) is 6.08. The lowest BCUT2D eigenvalue weighted by molar-refractivity contribution is 0.0600. The highest BCUT2D eigenvalue weighted by Gasteiger charge is 2.52. The topological polar surface area (TPSA) is 35.5 Å². The lowest BCUT2D eigenvalue weighted by Crippen LogP contribution is -2.68. The van der Waals surface area contributed by atoms with E-state index in [4.69, 9.17) is 9.16 Å². The Balaban J connectivity index is 2.04. The summed E-state index contributed by atoms with van der Waals surface area (Å²) in [6.07, 6.45) is 0. The molecule has 4 aromatic carbocycles. The molecule has 168 valence electrons. The van der Waals surface area contributed by atoms with Crippen LogP contribution in [0.4, 0.5) is 4.39 Å². The highest BCUT2D eigenvalue weighted by atomic mass is 28.4. The fourth-order valence-electron chi connectivity index (χ4n) is 4.44. The highest BCUT2D eigenvalue weighted by Crippen LogP contribution is 2.40. The lowest BCUT2D eigenvalue weighted by atomic mass is 10.1. The Morgan fingerprint density at radius 3 is 1.91 bits per heavy atom. The smallest absolute Gasteiger partial charge is 0.338 e. The van der Waals surface area contributed by atoms with Crippen molar-refractivity contribution in [3.05, 3.63) is 102 Å². The number of methoxy groups -OCH3 is 1. The van der Waals surface area contributed by atoms with E-state index in [2.05, 4.69) is 45.0 Å². The molecule has 0 aliphatic heterocycles. The third kappa shape index (κ3) is 4.16. The Labute approximate surface area is 194 Å². The van der Waals surface area contributed by atoms with E-state index in [1.807, 2.05) is 36.4 Å². The molecule has 0 unspecified atom stereocenters. The third-order valence-corrected chi connectivity index (χ3v) is 10.9. The molecule has 0 aromatic heterocycles. The average molecular weight is 459 g/mol. The molecule has 0 amide bonds. The predicted molar refractivity (Wildman–Crippen MR) is 133 cm³/mol. The monoisotopic (exact) mass is 458 g/mol. The molecular formula is C28H27FO3Si. The van der Waals surface area contributed by atoms with Gasteiger partial charge in [0.2, 0.25) is 0 Å². The number of carbonyl (C=O) groups is 1. The van der Waals surface area contributed by atoms with Gasteiger partial charge in [0.1, 0.15) is 11.6 Å². The van der Waals surface area contributed by atoms with Crippen molar-refractivity contribution in [3.8, 4) is 5.75 Å². The van der Waals surface area contributed by atoms with Gasteiger partial charge in [-0.15, -0.1) is 0 Å². The third-order valence-electron chi connectivity index (χ3n) is 5.98. The fourth-order valence-corrected chi connectivity index (χ4v) is 8.87. The summed E-state index contributed by atoms with van der Waals surface area (Å²) >= 11 is 0. The molecule has 0 heterocycles. The number of benzene rings is 4. The van der Waals surface area contributed by atoms with Crippen LogP contribution < -0.4 is 14.8 Å². The largest absolute Gasteiger partial charge is 0.534 e. The fraction of sp³-hybridized carbons (Fsp3) is 0.179. The van der Waals surface area contributed by atoms with Crippen molar-refractivity contribution in [1.29, 1.82) is 0 Å². The first-order valence-corrected chi connectivity index (χ1v) is 12.8. The Hall–Kier alpha value is -3.44. The van der Waals surface area contributed by atoms with Gasteiger partial charge in [0, 0.05) is 5.39 Å². The van der Waals surface area contributed by atoms with E-state index in [0.717, 1.165) is 15.8 Å². The summed E-state index contributed by atoms with van der Waals surface area (Å²) in [5.41, 5.74) is 0.323. The summed E-state index contributed by atoms with van der Waals surface area (Å²) in [5, 5.41) is 3.30. The number of fused-ring (bicyclic) bond motifs is 1. The molecule has 0 aliphatic carbocycles. The van der Waals surface area contributed by atoms with Crippen LogP contribution >= 0.6 is 0 Å². The van der Waals surface area contributed by atoms with E-state index in [1.54, 1.807) is 18.2 Å². The maximum atomic E-state index is 14.1. The van der Waals surface area contributed by atoms with E-state index < -0.39 is 14.3 Å². The molecule has 0 radical (unpaired) electrons.